The van der Waals surface area contributed by atoms with Gasteiger partial charge in [0.1, 0.15) is 0 Å². The first-order valence-electron chi connectivity index (χ1n) is 22.8. The van der Waals surface area contributed by atoms with E-state index in [0.717, 1.165) is 12.8 Å². The normalized spacial score (nSPS) is 13.5. The van der Waals surface area contributed by atoms with Crippen LogP contribution in [0.3, 0.4) is 0 Å². The Hall–Kier alpha value is -7.00. The Morgan fingerprint density at radius 2 is 1.17 bits per heavy atom. The van der Waals surface area contributed by atoms with Gasteiger partial charge in [0.2, 0.25) is 0 Å². The molecule has 2 heteroatoms. The highest BCUT2D eigenvalue weighted by Crippen LogP contribution is 2.54. The summed E-state index contributed by atoms with van der Waals surface area (Å²) < 4.78 is 5.12. The first-order chi connectivity index (χ1) is 31.4. The molecular formula is C62H49NS. The molecule has 0 spiro atoms. The Kier molecular flexibility index (Phi) is 9.11. The molecule has 0 bridgehead atoms. The zero-order valence-corrected chi connectivity index (χ0v) is 37.6. The fourth-order valence-electron chi connectivity index (χ4n) is 11.1. The Balaban J connectivity index is 0.934. The summed E-state index contributed by atoms with van der Waals surface area (Å²) in [7, 11) is 0. The van der Waals surface area contributed by atoms with E-state index in [0.29, 0.717) is 5.92 Å². The van der Waals surface area contributed by atoms with Gasteiger partial charge in [-0.05, 0) is 141 Å². The highest BCUT2D eigenvalue weighted by molar-refractivity contribution is 7.26. The summed E-state index contributed by atoms with van der Waals surface area (Å²) in [5, 5.41) is 5.27. The maximum absolute atomic E-state index is 2.56. The third-order valence-corrected chi connectivity index (χ3v) is 15.6. The SMILES string of the molecule is CCC(Cc1ccccc1-c1ccc(-c2ccc3c(c2)c2ccccc2n3-c2ccccc2)cc1C)c1cc(-c2cccc3c2-c2ccccc2C3(C)C)c2sc3ccccc3c2c1. The summed E-state index contributed by atoms with van der Waals surface area (Å²) in [6, 6.07) is 72.9. The summed E-state index contributed by atoms with van der Waals surface area (Å²) in [6.45, 7) is 9.43. The molecule has 64 heavy (non-hydrogen) atoms. The summed E-state index contributed by atoms with van der Waals surface area (Å²) in [4.78, 5) is 0. The molecule has 1 aliphatic rings. The molecule has 0 aliphatic heterocycles. The van der Waals surface area contributed by atoms with Gasteiger partial charge in [0.25, 0.3) is 0 Å². The summed E-state index contributed by atoms with van der Waals surface area (Å²) in [5.74, 6) is 0.341. The second-order valence-electron chi connectivity index (χ2n) is 18.4. The molecule has 1 atom stereocenters. The van der Waals surface area contributed by atoms with Crippen LogP contribution in [0.4, 0.5) is 0 Å². The van der Waals surface area contributed by atoms with Crippen LogP contribution < -0.4 is 0 Å². The number of para-hydroxylation sites is 2. The van der Waals surface area contributed by atoms with Gasteiger partial charge in [0.05, 0.1) is 11.0 Å². The topological polar surface area (TPSA) is 4.93 Å². The summed E-state index contributed by atoms with van der Waals surface area (Å²) in [5.41, 5.74) is 21.1. The monoisotopic (exact) mass is 839 g/mol. The summed E-state index contributed by atoms with van der Waals surface area (Å²) in [6.07, 6.45) is 2.01. The van der Waals surface area contributed by atoms with Gasteiger partial charge in [-0.15, -0.1) is 11.3 Å². The number of aromatic nitrogens is 1. The second-order valence-corrected chi connectivity index (χ2v) is 19.4. The molecule has 0 fully saturated rings. The van der Waals surface area contributed by atoms with Crippen LogP contribution in [0.1, 0.15) is 60.9 Å². The molecule has 1 nitrogen and oxygen atoms in total. The third kappa shape index (κ3) is 6.04. The van der Waals surface area contributed by atoms with Crippen molar-refractivity contribution in [1.82, 2.24) is 4.57 Å². The molecule has 0 N–H and O–H groups in total. The number of fused-ring (bicyclic) bond motifs is 9. The first kappa shape index (κ1) is 38.7. The molecule has 0 saturated carbocycles. The van der Waals surface area contributed by atoms with E-state index in [1.54, 1.807) is 0 Å². The quantitative estimate of drug-likeness (QED) is 0.144. The number of aryl methyl sites for hydroxylation is 1. The van der Waals surface area contributed by atoms with Gasteiger partial charge in [-0.25, -0.2) is 0 Å². The fourth-order valence-corrected chi connectivity index (χ4v) is 12.4. The van der Waals surface area contributed by atoms with E-state index >= 15 is 0 Å². The van der Waals surface area contributed by atoms with Gasteiger partial charge in [-0.1, -0.05) is 166 Å². The molecule has 0 amide bonds. The van der Waals surface area contributed by atoms with Crippen molar-refractivity contribution in [2.45, 2.75) is 51.9 Å². The zero-order valence-electron chi connectivity index (χ0n) is 36.8. The Morgan fingerprint density at radius 3 is 2.02 bits per heavy atom. The third-order valence-electron chi connectivity index (χ3n) is 14.4. The average molecular weight is 840 g/mol. The van der Waals surface area contributed by atoms with Crippen LogP contribution in [0.15, 0.2) is 194 Å². The number of hydrogen-bond acceptors (Lipinski definition) is 1. The van der Waals surface area contributed by atoms with Gasteiger partial charge >= 0.3 is 0 Å². The summed E-state index contributed by atoms with van der Waals surface area (Å²) >= 11 is 1.94. The van der Waals surface area contributed by atoms with Crippen LogP contribution in [-0.4, -0.2) is 4.57 Å². The van der Waals surface area contributed by atoms with Crippen LogP contribution in [0.2, 0.25) is 0 Å². The van der Waals surface area contributed by atoms with Gasteiger partial charge in [-0.2, -0.15) is 0 Å². The van der Waals surface area contributed by atoms with Crippen LogP contribution in [-0.2, 0) is 11.8 Å². The van der Waals surface area contributed by atoms with Crippen molar-refractivity contribution in [1.29, 1.82) is 0 Å². The maximum atomic E-state index is 2.56. The second kappa shape index (κ2) is 15.1. The fraction of sp³-hybridized carbons (Fsp3) is 0.129. The van der Waals surface area contributed by atoms with Gasteiger partial charge in [0.15, 0.2) is 0 Å². The van der Waals surface area contributed by atoms with Crippen molar-refractivity contribution in [2.75, 3.05) is 0 Å². The Labute approximate surface area is 379 Å². The van der Waals surface area contributed by atoms with Crippen molar-refractivity contribution in [3.05, 3.63) is 222 Å². The number of thiophene rings is 1. The largest absolute Gasteiger partial charge is 0.309 e. The minimum absolute atomic E-state index is 0.0529. The van der Waals surface area contributed by atoms with E-state index in [9.17, 15) is 0 Å². The molecule has 1 unspecified atom stereocenters. The molecule has 0 radical (unpaired) electrons. The highest BCUT2D eigenvalue weighted by atomic mass is 32.1. The minimum atomic E-state index is -0.0529. The van der Waals surface area contributed by atoms with Crippen LogP contribution in [0, 0.1) is 6.92 Å². The number of benzene rings is 9. The van der Waals surface area contributed by atoms with E-state index < -0.39 is 0 Å². The van der Waals surface area contributed by atoms with E-state index in [-0.39, 0.29) is 5.41 Å². The van der Waals surface area contributed by atoms with E-state index in [4.69, 9.17) is 0 Å². The van der Waals surface area contributed by atoms with Gasteiger partial charge < -0.3 is 4.57 Å². The predicted octanol–water partition coefficient (Wildman–Crippen LogP) is 17.5. The minimum Gasteiger partial charge on any atom is -0.309 e. The number of nitrogens with zero attached hydrogens (tertiary/aromatic N) is 1. The Bertz CT molecular complexity index is 3620. The van der Waals surface area contributed by atoms with Crippen molar-refractivity contribution < 1.29 is 0 Å². The molecule has 0 saturated heterocycles. The van der Waals surface area contributed by atoms with Crippen molar-refractivity contribution in [2.24, 2.45) is 0 Å². The molecule has 9 aromatic carbocycles. The lowest BCUT2D eigenvalue weighted by Crippen LogP contribution is -2.14. The van der Waals surface area contributed by atoms with Gasteiger partial charge in [0, 0.05) is 47.6 Å². The van der Waals surface area contributed by atoms with E-state index in [1.165, 1.54) is 120 Å². The lowest BCUT2D eigenvalue weighted by atomic mass is 9.81. The van der Waals surface area contributed by atoms with Crippen molar-refractivity contribution >= 4 is 53.3 Å². The van der Waals surface area contributed by atoms with Crippen LogP contribution in [0.25, 0.3) is 92.2 Å². The maximum Gasteiger partial charge on any atom is 0.0541 e. The number of rotatable bonds is 8. The van der Waals surface area contributed by atoms with Crippen LogP contribution >= 0.6 is 11.3 Å². The molecule has 2 aromatic heterocycles. The standard InChI is InChI=1S/C62H49NS/c1-5-40(44-37-53-49-23-13-16-29-59(49)64-61(53)54(38-44)50-25-17-27-56-60(50)51-24-11-14-26-55(51)62(56,3)4)35-43-18-9-10-21-47(43)46-32-30-41(34-39(46)2)42-31-33-58-52(36-42)48-22-12-15-28-57(48)63(58)45-19-7-6-8-20-45/h6-34,36-38,40H,5,35H2,1-4H3. The molecule has 12 rings (SSSR count). The van der Waals surface area contributed by atoms with E-state index in [1.807, 2.05) is 11.3 Å². The smallest absolute Gasteiger partial charge is 0.0541 e. The van der Waals surface area contributed by atoms with Crippen molar-refractivity contribution in [3.63, 3.8) is 0 Å². The first-order valence-corrected chi connectivity index (χ1v) is 23.7. The number of hydrogen-bond donors (Lipinski definition) is 0. The molecule has 2 heterocycles. The molecule has 1 aliphatic carbocycles. The Morgan fingerprint density at radius 1 is 0.500 bits per heavy atom. The van der Waals surface area contributed by atoms with E-state index in [2.05, 4.69) is 226 Å². The lowest BCUT2D eigenvalue weighted by molar-refractivity contribution is 0.660. The molecule has 11 aromatic rings. The lowest BCUT2D eigenvalue weighted by Gasteiger charge is -2.22. The molecular weight excluding hydrogens is 791 g/mol. The van der Waals surface area contributed by atoms with Crippen LogP contribution in [0.5, 0.6) is 0 Å². The zero-order chi connectivity index (χ0) is 43.1. The molecule has 308 valence electrons. The van der Waals surface area contributed by atoms with Gasteiger partial charge in [-0.3, -0.25) is 0 Å². The van der Waals surface area contributed by atoms with Crippen molar-refractivity contribution in [3.8, 4) is 50.2 Å². The average Bonchev–Trinajstić information content (AvgIpc) is 3.96. The highest BCUT2D eigenvalue weighted by Gasteiger charge is 2.37. The predicted molar refractivity (Wildman–Crippen MR) is 275 cm³/mol.